The van der Waals surface area contributed by atoms with Crippen LogP contribution < -0.4 is 9.47 Å². The molecule has 2 bridgehead atoms. The van der Waals surface area contributed by atoms with Crippen LogP contribution in [0.2, 0.25) is 5.02 Å². The van der Waals surface area contributed by atoms with Gasteiger partial charge in [-0.3, -0.25) is 20.1 Å². The number of piperidine rings is 1. The predicted molar refractivity (Wildman–Crippen MR) is 200 cm³/mol. The number of nitrogens with zero attached hydrogens (tertiary/aromatic N) is 4. The van der Waals surface area contributed by atoms with Gasteiger partial charge in [0.2, 0.25) is 11.8 Å². The first-order chi connectivity index (χ1) is 27.4. The van der Waals surface area contributed by atoms with Crippen molar-refractivity contribution in [3.05, 3.63) is 87.6 Å². The number of pyridine rings is 1. The van der Waals surface area contributed by atoms with Gasteiger partial charge in [0.05, 0.1) is 69.6 Å². The molecule has 3 fully saturated rings. The van der Waals surface area contributed by atoms with Gasteiger partial charge >= 0.3 is 6.09 Å². The van der Waals surface area contributed by atoms with Crippen molar-refractivity contribution in [2.75, 3.05) is 53.4 Å². The topological polar surface area (TPSA) is 153 Å². The molecule has 6 rings (SSSR count). The molecule has 2 aromatic carbocycles. The van der Waals surface area contributed by atoms with E-state index in [0.29, 0.717) is 31.7 Å². The maximum Gasteiger partial charge on any atom is 0.410 e. The van der Waals surface area contributed by atoms with E-state index in [0.717, 1.165) is 47.2 Å². The second-order valence-electron chi connectivity index (χ2n) is 14.6. The van der Waals surface area contributed by atoms with Crippen LogP contribution in [-0.4, -0.2) is 114 Å². The van der Waals surface area contributed by atoms with E-state index in [1.807, 2.05) is 49.1 Å². The molecule has 310 valence electrons. The van der Waals surface area contributed by atoms with Crippen molar-refractivity contribution in [1.29, 1.82) is 0 Å². The highest BCUT2D eigenvalue weighted by atomic mass is 35.5. The normalized spacial score (nSPS) is 21.7. The van der Waals surface area contributed by atoms with Crippen LogP contribution in [0.4, 0.5) is 13.6 Å². The SMILES string of the molecule is COc1nccc(CN(C(=O)C2(C)C(c3ccc(CCCOc4c(F)ccc(F)c4Cl)cc3)CC3COCC2N3C(=O)OCCOCCON(O)O)C2CC2)c1C. The number of rotatable bonds is 18. The highest BCUT2D eigenvalue weighted by Crippen LogP contribution is 2.53. The molecular weight excluding hydrogens is 770 g/mol. The summed E-state index contributed by atoms with van der Waals surface area (Å²) in [5.41, 5.74) is 2.56. The van der Waals surface area contributed by atoms with Gasteiger partial charge < -0.3 is 28.6 Å². The van der Waals surface area contributed by atoms with Crippen molar-refractivity contribution < 1.29 is 57.3 Å². The monoisotopic (exact) mass is 818 g/mol. The Morgan fingerprint density at radius 2 is 1.75 bits per heavy atom. The molecule has 3 aliphatic rings. The molecule has 0 spiro atoms. The first-order valence-corrected chi connectivity index (χ1v) is 19.4. The Labute approximate surface area is 335 Å². The summed E-state index contributed by atoms with van der Waals surface area (Å²) in [6.07, 6.45) is 4.37. The third-order valence-corrected chi connectivity index (χ3v) is 11.4. The quantitative estimate of drug-likeness (QED) is 0.0847. The van der Waals surface area contributed by atoms with Gasteiger partial charge in [-0.15, -0.1) is 0 Å². The van der Waals surface area contributed by atoms with E-state index in [4.69, 9.17) is 45.7 Å². The molecule has 3 aromatic rings. The van der Waals surface area contributed by atoms with Crippen LogP contribution in [0.25, 0.3) is 0 Å². The number of morpholine rings is 1. The number of aryl methyl sites for hydroxylation is 1. The molecule has 0 radical (unpaired) electrons. The Morgan fingerprint density at radius 3 is 2.47 bits per heavy atom. The summed E-state index contributed by atoms with van der Waals surface area (Å²) in [6.45, 7) is 4.61. The summed E-state index contributed by atoms with van der Waals surface area (Å²) in [6, 6.07) is 10.9. The molecule has 2 amide bonds. The molecule has 1 aromatic heterocycles. The zero-order valence-electron chi connectivity index (χ0n) is 32.2. The van der Waals surface area contributed by atoms with Crippen molar-refractivity contribution in [1.82, 2.24) is 20.2 Å². The number of fused-ring (bicyclic) bond motifs is 2. The minimum absolute atomic E-state index is 0.0290. The van der Waals surface area contributed by atoms with Crippen molar-refractivity contribution in [2.24, 2.45) is 5.41 Å². The molecule has 4 atom stereocenters. The number of hydrogen-bond acceptors (Lipinski definition) is 12. The second-order valence-corrected chi connectivity index (χ2v) is 15.0. The van der Waals surface area contributed by atoms with Crippen LogP contribution in [-0.2, 0) is 36.8 Å². The van der Waals surface area contributed by atoms with E-state index in [1.165, 1.54) is 0 Å². The molecule has 3 heterocycles. The van der Waals surface area contributed by atoms with Crippen molar-refractivity contribution in [2.45, 2.75) is 76.5 Å². The third-order valence-electron chi connectivity index (χ3n) is 11.1. The summed E-state index contributed by atoms with van der Waals surface area (Å²) < 4.78 is 56.2. The first kappa shape index (κ1) is 42.4. The van der Waals surface area contributed by atoms with E-state index in [-0.39, 0.29) is 75.9 Å². The molecule has 1 saturated carbocycles. The van der Waals surface area contributed by atoms with E-state index in [2.05, 4.69) is 9.82 Å². The fourth-order valence-corrected chi connectivity index (χ4v) is 8.11. The minimum Gasteiger partial charge on any atom is -0.489 e. The fraction of sp³-hybridized carbons (Fsp3) is 0.525. The number of carbonyl (C=O) groups is 2. The molecule has 4 unspecified atom stereocenters. The Bertz CT molecular complexity index is 1860. The van der Waals surface area contributed by atoms with Crippen molar-refractivity contribution in [3.63, 3.8) is 0 Å². The number of ether oxygens (including phenoxy) is 5. The molecule has 2 saturated heterocycles. The van der Waals surface area contributed by atoms with Crippen LogP contribution >= 0.6 is 11.6 Å². The number of methoxy groups -OCH3 is 1. The van der Waals surface area contributed by atoms with Crippen LogP contribution in [0, 0.1) is 24.0 Å². The van der Waals surface area contributed by atoms with Crippen LogP contribution in [0.3, 0.4) is 0 Å². The summed E-state index contributed by atoms with van der Waals surface area (Å²) in [5.74, 6) is -1.69. The summed E-state index contributed by atoms with van der Waals surface area (Å²) in [7, 11) is 1.56. The molecular formula is C40H49ClF2N4O10. The van der Waals surface area contributed by atoms with E-state index >= 15 is 4.79 Å². The summed E-state index contributed by atoms with van der Waals surface area (Å²) in [4.78, 5) is 41.6. The second kappa shape index (κ2) is 19.1. The predicted octanol–water partition coefficient (Wildman–Crippen LogP) is 6.26. The molecule has 57 heavy (non-hydrogen) atoms. The third kappa shape index (κ3) is 9.76. The van der Waals surface area contributed by atoms with Crippen LogP contribution in [0.1, 0.15) is 60.8 Å². The van der Waals surface area contributed by atoms with Gasteiger partial charge in [-0.1, -0.05) is 35.9 Å². The molecule has 1 aliphatic carbocycles. The van der Waals surface area contributed by atoms with Gasteiger partial charge in [0.15, 0.2) is 11.6 Å². The Hall–Kier alpha value is -4.16. The standard InChI is InChI=1S/C40H49ClF2N4O10/c1-25-28(14-15-44-37(25)52-3)22-45(29-10-11-29)38(48)40(2)31(21-30-23-54-24-34(40)46(30)39(49)56-19-17-53-18-20-57-47(50)51)27-8-6-26(7-9-27)5-4-16-55-36-33(43)13-12-32(42)35(36)41/h6-9,12-15,29-31,34,50-51H,4-5,10-11,16-24H2,1-3H3. The number of aromatic nitrogens is 1. The molecule has 2 N–H and O–H groups in total. The van der Waals surface area contributed by atoms with Crippen molar-refractivity contribution >= 4 is 23.6 Å². The number of benzene rings is 2. The summed E-state index contributed by atoms with van der Waals surface area (Å²) >= 11 is 5.91. The lowest BCUT2D eigenvalue weighted by Crippen LogP contribution is -2.69. The largest absolute Gasteiger partial charge is 0.489 e. The van der Waals surface area contributed by atoms with E-state index < -0.39 is 39.6 Å². The highest BCUT2D eigenvalue weighted by Gasteiger charge is 2.61. The van der Waals surface area contributed by atoms with Gasteiger partial charge in [-0.2, -0.15) is 0 Å². The lowest BCUT2D eigenvalue weighted by Gasteiger charge is -2.57. The minimum atomic E-state index is -1.14. The number of halogens is 3. The van der Waals surface area contributed by atoms with E-state index in [9.17, 15) is 13.6 Å². The van der Waals surface area contributed by atoms with Gasteiger partial charge in [0.1, 0.15) is 17.4 Å². The number of carbonyl (C=O) groups excluding carboxylic acids is 2. The van der Waals surface area contributed by atoms with Gasteiger partial charge in [-0.05, 0) is 80.8 Å². The Kier molecular flexibility index (Phi) is 14.2. The van der Waals surface area contributed by atoms with Crippen LogP contribution in [0.15, 0.2) is 48.7 Å². The Balaban J connectivity index is 1.22. The zero-order valence-corrected chi connectivity index (χ0v) is 33.0. The van der Waals surface area contributed by atoms with Gasteiger partial charge in [-0.25, -0.2) is 23.4 Å². The zero-order chi connectivity index (χ0) is 40.7. The van der Waals surface area contributed by atoms with Gasteiger partial charge in [0.25, 0.3) is 0 Å². The van der Waals surface area contributed by atoms with E-state index in [1.54, 1.807) is 18.2 Å². The summed E-state index contributed by atoms with van der Waals surface area (Å²) in [5, 5.41) is 16.5. The molecule has 14 nitrogen and oxygen atoms in total. The smallest absolute Gasteiger partial charge is 0.410 e. The maximum atomic E-state index is 15.4. The number of amides is 2. The fourth-order valence-electron chi connectivity index (χ4n) is 7.90. The van der Waals surface area contributed by atoms with Crippen molar-refractivity contribution in [3.8, 4) is 11.6 Å². The lowest BCUT2D eigenvalue weighted by molar-refractivity contribution is -0.493. The highest BCUT2D eigenvalue weighted by molar-refractivity contribution is 6.32. The molecule has 2 aliphatic heterocycles. The average molecular weight is 819 g/mol. The average Bonchev–Trinajstić information content (AvgIpc) is 4.05. The Morgan fingerprint density at radius 1 is 1.02 bits per heavy atom. The maximum absolute atomic E-state index is 15.4. The van der Waals surface area contributed by atoms with Gasteiger partial charge in [0, 0.05) is 30.3 Å². The lowest BCUT2D eigenvalue weighted by atomic mass is 9.61. The number of hydrogen-bond donors (Lipinski definition) is 2. The van der Waals surface area contributed by atoms with Crippen LogP contribution in [0.5, 0.6) is 11.6 Å². The first-order valence-electron chi connectivity index (χ1n) is 19.0. The molecule has 17 heteroatoms.